The Morgan fingerprint density at radius 1 is 0.209 bits per heavy atom. The van der Waals surface area contributed by atoms with Crippen molar-refractivity contribution in [2.45, 2.75) is 119 Å². The molecule has 2 unspecified atom stereocenters. The van der Waals surface area contributed by atoms with E-state index in [0.29, 0.717) is 0 Å². The third kappa shape index (κ3) is 8.07. The molecule has 0 heterocycles. The van der Waals surface area contributed by atoms with E-state index in [4.69, 9.17) is 0 Å². The summed E-state index contributed by atoms with van der Waals surface area (Å²) in [5, 5.41) is 0. The van der Waals surface area contributed by atoms with Gasteiger partial charge in [-0.1, -0.05) is 0 Å². The summed E-state index contributed by atoms with van der Waals surface area (Å²) in [6, 6.07) is 0. The molecular formula is C20F42O4P-. The molecule has 0 aromatic carbocycles. The van der Waals surface area contributed by atoms with Crippen molar-refractivity contribution in [3.05, 3.63) is 0 Å². The predicted octanol–water partition coefficient (Wildman–Crippen LogP) is 13.0. The molecule has 0 aromatic heterocycles. The summed E-state index contributed by atoms with van der Waals surface area (Å²) >= 11 is 0. The first-order chi connectivity index (χ1) is 27.9. The Labute approximate surface area is 331 Å². The van der Waals surface area contributed by atoms with Crippen LogP contribution < -0.4 is 4.89 Å². The van der Waals surface area contributed by atoms with E-state index in [-0.39, 0.29) is 0 Å². The van der Waals surface area contributed by atoms with Gasteiger partial charge in [0.05, 0.1) is 0 Å². The van der Waals surface area contributed by atoms with Gasteiger partial charge < -0.3 is 4.89 Å². The zero-order chi connectivity index (χ0) is 55.9. The van der Waals surface area contributed by atoms with Crippen LogP contribution in [-0.2, 0) is 13.6 Å². The second kappa shape index (κ2) is 15.6. The fraction of sp³-hybridized carbons (Fsp3) is 1.00. The smallest absolute Gasteiger partial charge is 0.460 e. The second-order valence-electron chi connectivity index (χ2n) is 11.9. The third-order valence-corrected chi connectivity index (χ3v) is 8.41. The second-order valence-corrected chi connectivity index (χ2v) is 13.1. The van der Waals surface area contributed by atoms with E-state index in [1.165, 1.54) is 0 Å². The first kappa shape index (κ1) is 64.2. The largest absolute Gasteiger partial charge is 0.756 e. The average Bonchev–Trinajstić information content (AvgIpc) is 3.04. The van der Waals surface area contributed by atoms with Crippen molar-refractivity contribution in [2.24, 2.45) is 0 Å². The van der Waals surface area contributed by atoms with Crippen LogP contribution in [0.3, 0.4) is 0 Å². The van der Waals surface area contributed by atoms with Crippen LogP contribution >= 0.6 is 7.82 Å². The molecule has 404 valence electrons. The Hall–Kier alpha value is -2.83. The normalized spacial score (nSPS) is 19.5. The van der Waals surface area contributed by atoms with E-state index in [1.54, 1.807) is 0 Å². The van der Waals surface area contributed by atoms with Gasteiger partial charge in [0.2, 0.25) is 0 Å². The summed E-state index contributed by atoms with van der Waals surface area (Å²) in [4.78, 5) is 11.4. The zero-order valence-corrected chi connectivity index (χ0v) is 28.8. The third-order valence-electron chi connectivity index (χ3n) is 7.46. The Bertz CT molecular complexity index is 1720. The average molecular weight is 1130 g/mol. The fourth-order valence-electron chi connectivity index (χ4n) is 3.63. The molecule has 0 N–H and O–H groups in total. The summed E-state index contributed by atoms with van der Waals surface area (Å²) in [7, 11) is -10.8. The van der Waals surface area contributed by atoms with Crippen LogP contribution in [0.4, 0.5) is 184 Å². The highest BCUT2D eigenvalue weighted by Crippen LogP contribution is 2.71. The fourth-order valence-corrected chi connectivity index (χ4v) is 4.72. The van der Waals surface area contributed by atoms with Crippen molar-refractivity contribution in [1.29, 1.82) is 0 Å². The Morgan fingerprint density at radius 3 is 0.448 bits per heavy atom. The van der Waals surface area contributed by atoms with Crippen LogP contribution in [0.2, 0.25) is 0 Å². The summed E-state index contributed by atoms with van der Waals surface area (Å²) in [5.41, 5.74) is 0. The van der Waals surface area contributed by atoms with Crippen molar-refractivity contribution < 1.29 is 203 Å². The summed E-state index contributed by atoms with van der Waals surface area (Å²) in [5.74, 6) is -159. The highest BCUT2D eigenvalue weighted by atomic mass is 31.2. The molecule has 2 atom stereocenters. The molecule has 67 heavy (non-hydrogen) atoms. The minimum absolute atomic E-state index is 0.731. The Morgan fingerprint density at radius 2 is 0.328 bits per heavy atom. The van der Waals surface area contributed by atoms with E-state index in [9.17, 15) is 194 Å². The molecule has 0 spiro atoms. The van der Waals surface area contributed by atoms with Crippen LogP contribution in [0, 0.1) is 0 Å². The number of hydrogen-bond donors (Lipinski definition) is 0. The lowest BCUT2D eigenvalue weighted by Gasteiger charge is -2.47. The van der Waals surface area contributed by atoms with Crippen molar-refractivity contribution in [2.75, 3.05) is 0 Å². The van der Waals surface area contributed by atoms with Crippen molar-refractivity contribution >= 4 is 7.82 Å². The number of halogens is 42. The van der Waals surface area contributed by atoms with Crippen LogP contribution in [0.5, 0.6) is 0 Å². The minimum atomic E-state index is -10.8. The first-order valence-corrected chi connectivity index (χ1v) is 15.0. The topological polar surface area (TPSA) is 58.6 Å². The van der Waals surface area contributed by atoms with Gasteiger partial charge in [-0.15, -0.1) is 0 Å². The highest BCUT2D eigenvalue weighted by Gasteiger charge is 3.00. The number of alkyl halides is 42. The van der Waals surface area contributed by atoms with E-state index in [2.05, 4.69) is 0 Å². The van der Waals surface area contributed by atoms with Gasteiger partial charge in [0.1, 0.15) is 0 Å². The lowest BCUT2D eigenvalue weighted by Crippen LogP contribution is -2.77. The first-order valence-electron chi connectivity index (χ1n) is 13.6. The molecule has 0 aliphatic heterocycles. The van der Waals surface area contributed by atoms with Gasteiger partial charge in [0, 0.05) is 0 Å². The summed E-state index contributed by atoms with van der Waals surface area (Å²) in [6.45, 7) is 0. The number of phosphoric acid groups is 1. The predicted molar refractivity (Wildman–Crippen MR) is 111 cm³/mol. The maximum Gasteiger partial charge on any atom is 0.460 e. The lowest BCUT2D eigenvalue weighted by molar-refractivity contribution is -0.491. The number of hydrogen-bond acceptors (Lipinski definition) is 4. The molecule has 0 radical (unpaired) electrons. The maximum atomic E-state index is 14.6. The van der Waals surface area contributed by atoms with Crippen molar-refractivity contribution in [1.82, 2.24) is 0 Å². The molecule has 0 saturated carbocycles. The molecule has 47 heteroatoms. The van der Waals surface area contributed by atoms with Gasteiger partial charge in [0.15, 0.2) is 0 Å². The molecule has 0 aliphatic rings. The van der Waals surface area contributed by atoms with Gasteiger partial charge >= 0.3 is 119 Å². The van der Waals surface area contributed by atoms with Gasteiger partial charge in [0.25, 0.3) is 7.82 Å². The van der Waals surface area contributed by atoms with Crippen molar-refractivity contribution in [3.63, 3.8) is 0 Å². The van der Waals surface area contributed by atoms with Crippen LogP contribution in [0.25, 0.3) is 0 Å². The standard InChI is InChI=1S/C20HF42O4P/c21-1(22,5(29,30)9(37,38)13(45,46)17(51,52)53)3(25,26)7(33,34)11(41,42)15(49,19(57,58)59)65-67(63,64)66-16(50,20(60,61)62)12(43,44)8(35,36)4(27,28)2(23,24)6(31,32)10(39,40)14(47,48)18(54,55)56/h(H,63,64)/p-1. The Balaban J connectivity index is 8.19. The SMILES string of the molecule is O=P([O-])(OC(F)(C(F)(F)F)C(F)(F)C(F)(F)C(F)(F)C(F)(F)C(F)(F)C(F)(F)C(F)(F)C(F)(F)F)OC(F)(C(F)(F)F)C(F)(F)C(F)(F)C(F)(F)C(F)(F)C(F)(F)C(F)(F)C(F)(F)C(F)(F)F. The van der Waals surface area contributed by atoms with Gasteiger partial charge in [-0.2, -0.15) is 184 Å². The van der Waals surface area contributed by atoms with Crippen LogP contribution in [-0.4, -0.2) is 119 Å². The van der Waals surface area contributed by atoms with Gasteiger partial charge in [-0.25, -0.2) is 0 Å². The van der Waals surface area contributed by atoms with Crippen LogP contribution in [0.1, 0.15) is 0 Å². The molecule has 0 fully saturated rings. The molecule has 0 bridgehead atoms. The van der Waals surface area contributed by atoms with Gasteiger partial charge in [-0.05, 0) is 0 Å². The Kier molecular flexibility index (Phi) is 14.9. The molecule has 0 saturated heterocycles. The van der Waals surface area contributed by atoms with Crippen molar-refractivity contribution in [3.8, 4) is 0 Å². The summed E-state index contributed by atoms with van der Waals surface area (Å²) in [6.07, 6.45) is -36.0. The van der Waals surface area contributed by atoms with Crippen LogP contribution in [0.15, 0.2) is 0 Å². The molecule has 0 rings (SSSR count). The maximum absolute atomic E-state index is 14.6. The highest BCUT2D eigenvalue weighted by molar-refractivity contribution is 7.46. The minimum Gasteiger partial charge on any atom is -0.756 e. The zero-order valence-electron chi connectivity index (χ0n) is 28.0. The molecule has 0 aromatic rings. The molecule has 4 nitrogen and oxygen atoms in total. The number of phosphoric ester groups is 1. The molecule has 0 aliphatic carbocycles. The molecular weight excluding hydrogens is 1130 g/mol. The van der Waals surface area contributed by atoms with E-state index >= 15 is 0 Å². The summed E-state index contributed by atoms with van der Waals surface area (Å²) < 4.78 is 577. The lowest BCUT2D eigenvalue weighted by atomic mass is 9.87. The van der Waals surface area contributed by atoms with E-state index in [1.807, 2.05) is 0 Å². The monoisotopic (exact) mass is 1130 g/mol. The quantitative estimate of drug-likeness (QED) is 0.101. The van der Waals surface area contributed by atoms with E-state index in [0.717, 1.165) is 9.05 Å². The van der Waals surface area contributed by atoms with Gasteiger partial charge in [-0.3, -0.25) is 13.6 Å². The molecule has 0 amide bonds. The van der Waals surface area contributed by atoms with E-state index < -0.39 is 127 Å². The number of rotatable bonds is 18.